The SMILES string of the molecule is O=C(O)c1cn(C2CC2(Cl)Cl)c2cc(N3CCNCC3)c(F)cc2c1=O. The predicted molar refractivity (Wildman–Crippen MR) is 98.3 cm³/mol. The number of aromatic carboxylic acids is 1. The van der Waals surface area contributed by atoms with E-state index in [2.05, 4.69) is 5.32 Å². The third kappa shape index (κ3) is 2.84. The molecule has 1 aliphatic carbocycles. The second-order valence-electron chi connectivity index (χ2n) is 6.62. The molecule has 1 unspecified atom stereocenters. The third-order valence-corrected chi connectivity index (χ3v) is 5.73. The Kier molecular flexibility index (Phi) is 4.13. The molecule has 2 heterocycles. The van der Waals surface area contributed by atoms with Crippen molar-refractivity contribution in [2.24, 2.45) is 0 Å². The Bertz CT molecular complexity index is 970. The number of halogens is 3. The van der Waals surface area contributed by atoms with Crippen LogP contribution in [0.25, 0.3) is 10.9 Å². The number of anilines is 1. The fourth-order valence-electron chi connectivity index (χ4n) is 3.42. The molecule has 1 aromatic heterocycles. The first-order valence-corrected chi connectivity index (χ1v) is 9.00. The molecule has 4 rings (SSSR count). The van der Waals surface area contributed by atoms with E-state index >= 15 is 0 Å². The fourth-order valence-corrected chi connectivity index (χ4v) is 3.92. The minimum absolute atomic E-state index is 0.0114. The summed E-state index contributed by atoms with van der Waals surface area (Å²) in [5, 5.41) is 12.5. The number of piperazine rings is 1. The molecule has 26 heavy (non-hydrogen) atoms. The molecule has 0 amide bonds. The van der Waals surface area contributed by atoms with Crippen LogP contribution in [0.4, 0.5) is 10.1 Å². The maximum absolute atomic E-state index is 14.7. The average molecular weight is 400 g/mol. The number of pyridine rings is 1. The summed E-state index contributed by atoms with van der Waals surface area (Å²) >= 11 is 12.3. The van der Waals surface area contributed by atoms with Gasteiger partial charge in [0.25, 0.3) is 0 Å². The van der Waals surface area contributed by atoms with Crippen molar-refractivity contribution in [2.75, 3.05) is 31.1 Å². The molecule has 0 radical (unpaired) electrons. The number of aromatic nitrogens is 1. The van der Waals surface area contributed by atoms with Crippen molar-refractivity contribution in [3.63, 3.8) is 0 Å². The van der Waals surface area contributed by atoms with E-state index in [4.69, 9.17) is 23.2 Å². The number of nitrogens with one attached hydrogen (secondary N) is 1. The van der Waals surface area contributed by atoms with E-state index in [0.717, 1.165) is 19.2 Å². The Morgan fingerprint density at radius 2 is 1.96 bits per heavy atom. The van der Waals surface area contributed by atoms with Crippen molar-refractivity contribution in [3.8, 4) is 0 Å². The number of nitrogens with zero attached hydrogens (tertiary/aromatic N) is 2. The highest BCUT2D eigenvalue weighted by Gasteiger charge is 2.53. The van der Waals surface area contributed by atoms with E-state index in [1.807, 2.05) is 4.90 Å². The van der Waals surface area contributed by atoms with Crippen molar-refractivity contribution < 1.29 is 14.3 Å². The van der Waals surface area contributed by atoms with E-state index in [1.54, 1.807) is 10.6 Å². The molecule has 1 atom stereocenters. The van der Waals surface area contributed by atoms with Gasteiger partial charge < -0.3 is 19.9 Å². The fraction of sp³-hybridized carbons (Fsp3) is 0.412. The second kappa shape index (κ2) is 6.11. The summed E-state index contributed by atoms with van der Waals surface area (Å²) in [7, 11) is 0. The summed E-state index contributed by atoms with van der Waals surface area (Å²) in [6.45, 7) is 2.74. The number of rotatable bonds is 3. The summed E-state index contributed by atoms with van der Waals surface area (Å²) in [5.41, 5.74) is -0.332. The third-order valence-electron chi connectivity index (χ3n) is 4.92. The quantitative estimate of drug-likeness (QED) is 0.774. The Hall–Kier alpha value is -1.83. The normalized spacial score (nSPS) is 21.8. The molecule has 9 heteroatoms. The Morgan fingerprint density at radius 1 is 1.31 bits per heavy atom. The Balaban J connectivity index is 1.96. The highest BCUT2D eigenvalue weighted by molar-refractivity contribution is 6.51. The van der Waals surface area contributed by atoms with Crippen molar-refractivity contribution >= 4 is 45.8 Å². The van der Waals surface area contributed by atoms with Gasteiger partial charge in [0.15, 0.2) is 0 Å². The van der Waals surface area contributed by atoms with Gasteiger partial charge in [0.2, 0.25) is 5.43 Å². The molecular weight excluding hydrogens is 384 g/mol. The summed E-state index contributed by atoms with van der Waals surface area (Å²) in [4.78, 5) is 25.8. The standard InChI is InChI=1S/C17H16Cl2FN3O3/c18-17(19)7-14(17)23-8-10(16(25)26)15(24)9-5-11(20)13(6-12(9)23)22-3-1-21-2-4-22/h5-6,8,14,21H,1-4,7H2,(H,25,26). The lowest BCUT2D eigenvalue weighted by Crippen LogP contribution is -2.43. The number of hydrogen-bond donors (Lipinski definition) is 2. The van der Waals surface area contributed by atoms with Gasteiger partial charge in [0.1, 0.15) is 15.7 Å². The number of carboxylic acids is 1. The zero-order valence-electron chi connectivity index (χ0n) is 13.6. The lowest BCUT2D eigenvalue weighted by atomic mass is 10.1. The number of hydrogen-bond acceptors (Lipinski definition) is 4. The second-order valence-corrected chi connectivity index (χ2v) is 8.17. The summed E-state index contributed by atoms with van der Waals surface area (Å²) < 4.78 is 15.3. The van der Waals surface area contributed by atoms with Crippen LogP contribution in [-0.4, -0.2) is 46.2 Å². The summed E-state index contributed by atoms with van der Waals surface area (Å²) in [6, 6.07) is 2.34. The summed E-state index contributed by atoms with van der Waals surface area (Å²) in [6.07, 6.45) is 1.68. The lowest BCUT2D eigenvalue weighted by Gasteiger charge is -2.30. The molecule has 0 bridgehead atoms. The van der Waals surface area contributed by atoms with Gasteiger partial charge in [-0.3, -0.25) is 4.79 Å². The largest absolute Gasteiger partial charge is 0.477 e. The van der Waals surface area contributed by atoms with Gasteiger partial charge in [-0.05, 0) is 12.1 Å². The highest BCUT2D eigenvalue weighted by atomic mass is 35.5. The molecule has 2 aliphatic rings. The molecule has 6 nitrogen and oxygen atoms in total. The van der Waals surface area contributed by atoms with Crippen LogP contribution in [0.1, 0.15) is 22.8 Å². The number of alkyl halides is 2. The van der Waals surface area contributed by atoms with Crippen LogP contribution in [0.15, 0.2) is 23.1 Å². The molecule has 138 valence electrons. The molecule has 1 aromatic carbocycles. The van der Waals surface area contributed by atoms with Gasteiger partial charge in [0.05, 0.1) is 17.2 Å². The minimum Gasteiger partial charge on any atom is -0.477 e. The smallest absolute Gasteiger partial charge is 0.341 e. The van der Waals surface area contributed by atoms with Gasteiger partial charge in [-0.1, -0.05) is 23.2 Å². The first-order chi connectivity index (χ1) is 12.3. The van der Waals surface area contributed by atoms with Gasteiger partial charge in [-0.25, -0.2) is 9.18 Å². The van der Waals surface area contributed by atoms with Crippen LogP contribution < -0.4 is 15.6 Å². The number of fused-ring (bicyclic) bond motifs is 1. The van der Waals surface area contributed by atoms with Crippen LogP contribution in [0.3, 0.4) is 0 Å². The lowest BCUT2D eigenvalue weighted by molar-refractivity contribution is 0.0695. The summed E-state index contributed by atoms with van der Waals surface area (Å²) in [5.74, 6) is -1.92. The van der Waals surface area contributed by atoms with Crippen molar-refractivity contribution in [1.82, 2.24) is 9.88 Å². The van der Waals surface area contributed by atoms with Crippen molar-refractivity contribution in [1.29, 1.82) is 0 Å². The molecule has 0 spiro atoms. The van der Waals surface area contributed by atoms with Crippen molar-refractivity contribution in [2.45, 2.75) is 16.8 Å². The van der Waals surface area contributed by atoms with Crippen LogP contribution in [0, 0.1) is 5.82 Å². The number of carbonyl (C=O) groups is 1. The van der Waals surface area contributed by atoms with Gasteiger partial charge in [0, 0.05) is 44.2 Å². The van der Waals surface area contributed by atoms with Crippen LogP contribution in [-0.2, 0) is 0 Å². The maximum Gasteiger partial charge on any atom is 0.341 e. The van der Waals surface area contributed by atoms with E-state index < -0.39 is 27.1 Å². The van der Waals surface area contributed by atoms with Gasteiger partial charge >= 0.3 is 5.97 Å². The average Bonchev–Trinajstić information content (AvgIpc) is 3.23. The van der Waals surface area contributed by atoms with E-state index in [0.29, 0.717) is 30.7 Å². The van der Waals surface area contributed by atoms with Crippen molar-refractivity contribution in [3.05, 3.63) is 39.9 Å². The van der Waals surface area contributed by atoms with E-state index in [-0.39, 0.29) is 11.4 Å². The predicted octanol–water partition coefficient (Wildman–Crippen LogP) is 2.37. The molecular formula is C17H16Cl2FN3O3. The van der Waals surface area contributed by atoms with E-state index in [9.17, 15) is 19.1 Å². The van der Waals surface area contributed by atoms with Crippen LogP contribution in [0.2, 0.25) is 0 Å². The molecule has 1 aliphatic heterocycles. The minimum atomic E-state index is -1.37. The monoisotopic (exact) mass is 399 g/mol. The zero-order valence-corrected chi connectivity index (χ0v) is 15.1. The zero-order chi connectivity index (χ0) is 18.6. The highest BCUT2D eigenvalue weighted by Crippen LogP contribution is 2.57. The topological polar surface area (TPSA) is 74.6 Å². The molecule has 2 aromatic rings. The first kappa shape index (κ1) is 17.6. The Morgan fingerprint density at radius 3 is 2.54 bits per heavy atom. The Labute approximate surface area is 158 Å². The molecule has 2 N–H and O–H groups in total. The van der Waals surface area contributed by atoms with Gasteiger partial charge in [-0.2, -0.15) is 0 Å². The van der Waals surface area contributed by atoms with Crippen LogP contribution in [0.5, 0.6) is 0 Å². The molecule has 2 fully saturated rings. The first-order valence-electron chi connectivity index (χ1n) is 8.25. The number of carboxylic acid groups (broad SMARTS) is 1. The van der Waals surface area contributed by atoms with Crippen LogP contribution >= 0.6 is 23.2 Å². The maximum atomic E-state index is 14.7. The van der Waals surface area contributed by atoms with Gasteiger partial charge in [-0.15, -0.1) is 0 Å². The number of benzene rings is 1. The molecule has 1 saturated carbocycles. The van der Waals surface area contributed by atoms with E-state index in [1.165, 1.54) is 6.20 Å². The molecule has 1 saturated heterocycles.